The summed E-state index contributed by atoms with van der Waals surface area (Å²) in [5.74, 6) is -1.84. The Morgan fingerprint density at radius 1 is 0.962 bits per heavy atom. The number of hydrogen-bond donors (Lipinski definition) is 2. The highest BCUT2D eigenvalue weighted by atomic mass is 32.2. The SMILES string of the molecule is C=C[C@@H]1C[C@]1(NC(=O)[C@@H]1C[C@@H]2CN1C(=O)[C@H](C1CCCCC1)N(C)C(C)CCCCCCc1cccc3c1CN(C3)C(=O)O2)C(=O)NS(=O)(=O)C1CC1. The van der Waals surface area contributed by atoms with Gasteiger partial charge in [0.15, 0.2) is 0 Å². The molecule has 1 unspecified atom stereocenters. The van der Waals surface area contributed by atoms with Crippen molar-refractivity contribution in [2.24, 2.45) is 11.8 Å². The van der Waals surface area contributed by atoms with Gasteiger partial charge in [-0.05, 0) is 87.9 Å². The average molecular weight is 752 g/mol. The van der Waals surface area contributed by atoms with Gasteiger partial charge in [0.25, 0.3) is 5.91 Å². The number of fused-ring (bicyclic) bond motifs is 3. The third-order valence-corrected chi connectivity index (χ3v) is 14.8. The van der Waals surface area contributed by atoms with Gasteiger partial charge in [0.05, 0.1) is 17.8 Å². The molecule has 12 nitrogen and oxygen atoms in total. The summed E-state index contributed by atoms with van der Waals surface area (Å²) in [4.78, 5) is 62.2. The van der Waals surface area contributed by atoms with Gasteiger partial charge in [0.1, 0.15) is 17.7 Å². The Morgan fingerprint density at radius 2 is 1.66 bits per heavy atom. The largest absolute Gasteiger partial charge is 0.444 e. The number of hydrogen-bond acceptors (Lipinski definition) is 8. The van der Waals surface area contributed by atoms with E-state index in [1.54, 1.807) is 15.9 Å². The van der Waals surface area contributed by atoms with Crippen LogP contribution in [0.1, 0.15) is 114 Å². The van der Waals surface area contributed by atoms with Gasteiger partial charge in [-0.2, -0.15) is 0 Å². The fraction of sp³-hybridized carbons (Fsp3) is 0.700. The van der Waals surface area contributed by atoms with Crippen LogP contribution in [0, 0.1) is 11.8 Å². The molecule has 4 amide bonds. The fourth-order valence-corrected chi connectivity index (χ4v) is 10.7. The molecule has 290 valence electrons. The van der Waals surface area contributed by atoms with Crippen LogP contribution in [0.3, 0.4) is 0 Å². The van der Waals surface area contributed by atoms with Crippen LogP contribution < -0.4 is 10.0 Å². The summed E-state index contributed by atoms with van der Waals surface area (Å²) >= 11 is 0. The molecular formula is C40H57N5O7S. The van der Waals surface area contributed by atoms with Crippen molar-refractivity contribution in [1.82, 2.24) is 24.7 Å². The summed E-state index contributed by atoms with van der Waals surface area (Å²) in [6, 6.07) is 4.95. The smallest absolute Gasteiger partial charge is 0.410 e. The molecule has 2 N–H and O–H groups in total. The van der Waals surface area contributed by atoms with E-state index in [1.807, 2.05) is 7.05 Å². The topological polar surface area (TPSA) is 145 Å². The Labute approximate surface area is 314 Å². The lowest BCUT2D eigenvalue weighted by Crippen LogP contribution is -2.59. The molecule has 6 atom stereocenters. The Morgan fingerprint density at radius 3 is 2.38 bits per heavy atom. The normalized spacial score (nSPS) is 31.9. The first-order valence-electron chi connectivity index (χ1n) is 20.0. The highest BCUT2D eigenvalue weighted by Crippen LogP contribution is 2.46. The van der Waals surface area contributed by atoms with Gasteiger partial charge in [-0.25, -0.2) is 13.2 Å². The van der Waals surface area contributed by atoms with Gasteiger partial charge in [0, 0.05) is 31.5 Å². The summed E-state index contributed by atoms with van der Waals surface area (Å²) in [6.45, 7) is 6.96. The van der Waals surface area contributed by atoms with Gasteiger partial charge < -0.3 is 15.0 Å². The molecule has 1 aromatic rings. The second kappa shape index (κ2) is 15.4. The van der Waals surface area contributed by atoms with Crippen LogP contribution in [-0.2, 0) is 48.7 Å². The molecule has 1 saturated heterocycles. The predicted molar refractivity (Wildman–Crippen MR) is 200 cm³/mol. The minimum Gasteiger partial charge on any atom is -0.444 e. The number of carbonyl (C=O) groups is 4. The van der Waals surface area contributed by atoms with E-state index in [4.69, 9.17) is 4.74 Å². The van der Waals surface area contributed by atoms with E-state index in [9.17, 15) is 22.8 Å². The third-order valence-electron chi connectivity index (χ3n) is 13.0. The second-order valence-corrected chi connectivity index (χ2v) is 18.6. The predicted octanol–water partition coefficient (Wildman–Crippen LogP) is 4.55. The van der Waals surface area contributed by atoms with E-state index >= 15 is 4.79 Å². The highest BCUT2D eigenvalue weighted by Gasteiger charge is 2.62. The van der Waals surface area contributed by atoms with Crippen LogP contribution in [0.5, 0.6) is 0 Å². The van der Waals surface area contributed by atoms with Crippen molar-refractivity contribution in [2.45, 2.75) is 151 Å². The minimum atomic E-state index is -3.86. The zero-order valence-corrected chi connectivity index (χ0v) is 32.2. The van der Waals surface area contributed by atoms with Gasteiger partial charge in [-0.15, -0.1) is 6.58 Å². The Balaban J connectivity index is 1.17. The van der Waals surface area contributed by atoms with Crippen molar-refractivity contribution < 1.29 is 32.3 Å². The first-order valence-corrected chi connectivity index (χ1v) is 21.5. The summed E-state index contributed by atoms with van der Waals surface area (Å²) in [7, 11) is -1.83. The molecular weight excluding hydrogens is 695 g/mol. The molecule has 53 heavy (non-hydrogen) atoms. The molecule has 0 aromatic heterocycles. The van der Waals surface area contributed by atoms with E-state index in [1.165, 1.54) is 11.1 Å². The van der Waals surface area contributed by atoms with Crippen LogP contribution in [0.2, 0.25) is 0 Å². The zero-order chi connectivity index (χ0) is 37.5. The van der Waals surface area contributed by atoms with Crippen LogP contribution >= 0.6 is 0 Å². The van der Waals surface area contributed by atoms with E-state index in [0.717, 1.165) is 76.2 Å². The van der Waals surface area contributed by atoms with Gasteiger partial charge >= 0.3 is 6.09 Å². The lowest BCUT2D eigenvalue weighted by Gasteiger charge is -2.41. The Bertz CT molecular complexity index is 1710. The molecule has 0 radical (unpaired) electrons. The molecule has 3 aliphatic heterocycles. The third kappa shape index (κ3) is 7.88. The molecule has 1 aromatic carbocycles. The minimum absolute atomic E-state index is 0.0558. The maximum Gasteiger partial charge on any atom is 0.410 e. The number of nitrogens with one attached hydrogen (secondary N) is 2. The standard InChI is InChI=1S/C40H57N5O7S/c1-4-30-22-40(30,38(48)42-53(50,51)32-19-20-32)41-36(46)34-21-31-24-45(34)37(47)35(28-15-10-7-11-16-28)43(3)26(2)13-8-5-6-9-14-27-17-12-18-29-23-44(25-33(27)29)39(49)52-31/h4,12,17-18,26,28,30-32,34-35H,1,5-11,13-16,19-25H2,2-3H3,(H,41,46)(H,42,48)/t26?,30-,31-,34+,35+,40-/m1/s1. The summed E-state index contributed by atoms with van der Waals surface area (Å²) in [6.07, 6.45) is 13.0. The Kier molecular flexibility index (Phi) is 11.0. The first kappa shape index (κ1) is 37.8. The number of ether oxygens (including phenoxy) is 1. The molecule has 3 heterocycles. The number of rotatable bonds is 7. The summed E-state index contributed by atoms with van der Waals surface area (Å²) in [5, 5.41) is 2.29. The van der Waals surface area contributed by atoms with Crippen LogP contribution in [-0.4, -0.2) is 95.5 Å². The maximum atomic E-state index is 15.0. The molecule has 3 saturated carbocycles. The number of likely N-dealkylation sites (N-methyl/N-ethyl adjacent to an activating group) is 1. The fourth-order valence-electron chi connectivity index (χ4n) is 9.38. The first-order chi connectivity index (χ1) is 25.4. The molecule has 4 bridgehead atoms. The summed E-state index contributed by atoms with van der Waals surface area (Å²) in [5.41, 5.74) is 2.09. The van der Waals surface area contributed by atoms with Gasteiger partial charge in [0.2, 0.25) is 21.8 Å². The lowest BCUT2D eigenvalue weighted by molar-refractivity contribution is -0.146. The number of nitrogens with zero attached hydrogens (tertiary/aromatic N) is 3. The summed E-state index contributed by atoms with van der Waals surface area (Å²) < 4.78 is 33.8. The maximum absolute atomic E-state index is 15.0. The second-order valence-electron chi connectivity index (χ2n) is 16.7. The van der Waals surface area contributed by atoms with Crippen LogP contribution in [0.15, 0.2) is 30.9 Å². The van der Waals surface area contributed by atoms with Crippen LogP contribution in [0.4, 0.5) is 4.79 Å². The molecule has 13 heteroatoms. The van der Waals surface area contributed by atoms with Crippen molar-refractivity contribution in [3.8, 4) is 0 Å². The number of aryl methyl sites for hydroxylation is 1. The van der Waals surface area contributed by atoms with Crippen molar-refractivity contribution in [2.75, 3.05) is 13.6 Å². The van der Waals surface area contributed by atoms with E-state index in [2.05, 4.69) is 46.6 Å². The Hall–Kier alpha value is -3.45. The van der Waals surface area contributed by atoms with Crippen molar-refractivity contribution in [3.05, 3.63) is 47.5 Å². The van der Waals surface area contributed by atoms with Crippen molar-refractivity contribution in [1.29, 1.82) is 0 Å². The monoisotopic (exact) mass is 751 g/mol. The van der Waals surface area contributed by atoms with E-state index < -0.39 is 62.8 Å². The quantitative estimate of drug-likeness (QED) is 0.386. The van der Waals surface area contributed by atoms with Crippen molar-refractivity contribution >= 4 is 33.8 Å². The van der Waals surface area contributed by atoms with Crippen molar-refractivity contribution in [3.63, 3.8) is 0 Å². The van der Waals surface area contributed by atoms with E-state index in [0.29, 0.717) is 25.9 Å². The molecule has 7 rings (SSSR count). The molecule has 6 aliphatic rings. The average Bonchev–Trinajstić information content (AvgIpc) is 4.03. The van der Waals surface area contributed by atoms with E-state index in [-0.39, 0.29) is 37.3 Å². The number of benzene rings is 1. The number of amides is 4. The lowest BCUT2D eigenvalue weighted by atomic mass is 9.82. The number of sulfonamides is 1. The highest BCUT2D eigenvalue weighted by molar-refractivity contribution is 7.91. The molecule has 0 spiro atoms. The van der Waals surface area contributed by atoms with Gasteiger partial charge in [-0.1, -0.05) is 62.8 Å². The number of carbonyl (C=O) groups excluding carboxylic acids is 4. The molecule has 3 aliphatic carbocycles. The molecule has 4 fully saturated rings. The zero-order valence-electron chi connectivity index (χ0n) is 31.4. The van der Waals surface area contributed by atoms with Crippen LogP contribution in [0.25, 0.3) is 0 Å². The van der Waals surface area contributed by atoms with Gasteiger partial charge in [-0.3, -0.25) is 28.9 Å².